The number of benzene rings is 3. The number of aromatic nitrogens is 1. The monoisotopic (exact) mass is 518 g/mol. The van der Waals surface area contributed by atoms with Crippen LogP contribution in [0.4, 0.5) is 5.69 Å². The van der Waals surface area contributed by atoms with E-state index in [2.05, 4.69) is 27.9 Å². The number of hydrogen-bond donors (Lipinski definition) is 1. The van der Waals surface area contributed by atoms with Crippen LogP contribution in [-0.4, -0.2) is 10.9 Å². The molecule has 1 aromatic heterocycles. The van der Waals surface area contributed by atoms with Crippen LogP contribution in [0.1, 0.15) is 10.4 Å². The summed E-state index contributed by atoms with van der Waals surface area (Å²) in [6.45, 7) is 0. The Balaban J connectivity index is 1.82. The summed E-state index contributed by atoms with van der Waals surface area (Å²) in [6, 6.07) is 22.3. The van der Waals surface area contributed by atoms with E-state index in [-0.39, 0.29) is 5.91 Å². The van der Waals surface area contributed by atoms with Crippen LogP contribution >= 0.6 is 45.8 Å². The number of nitrogens with zero attached hydrogens (tertiary/aromatic N) is 1. The van der Waals surface area contributed by atoms with Crippen molar-refractivity contribution in [3.05, 3.63) is 92.0 Å². The van der Waals surface area contributed by atoms with Gasteiger partial charge in [-0.1, -0.05) is 53.5 Å². The third-order valence-electron chi connectivity index (χ3n) is 4.26. The summed E-state index contributed by atoms with van der Waals surface area (Å²) in [5, 5.41) is 4.68. The lowest BCUT2D eigenvalue weighted by molar-refractivity contribution is 0.102. The zero-order valence-corrected chi connectivity index (χ0v) is 18.1. The molecule has 0 fully saturated rings. The molecule has 1 amide bonds. The number of carbonyl (C=O) groups is 1. The Morgan fingerprint density at radius 2 is 1.71 bits per heavy atom. The van der Waals surface area contributed by atoms with E-state index in [1.54, 1.807) is 18.2 Å². The van der Waals surface area contributed by atoms with E-state index in [1.165, 1.54) is 0 Å². The largest absolute Gasteiger partial charge is 0.322 e. The summed E-state index contributed by atoms with van der Waals surface area (Å²) in [6.07, 6.45) is 0. The molecule has 0 radical (unpaired) electrons. The van der Waals surface area contributed by atoms with Crippen molar-refractivity contribution in [1.29, 1.82) is 0 Å². The Hall–Kier alpha value is -2.15. The zero-order valence-electron chi connectivity index (χ0n) is 14.4. The molecule has 28 heavy (non-hydrogen) atoms. The highest BCUT2D eigenvalue weighted by molar-refractivity contribution is 14.1. The van der Waals surface area contributed by atoms with Gasteiger partial charge >= 0.3 is 0 Å². The third kappa shape index (κ3) is 3.99. The lowest BCUT2D eigenvalue weighted by Gasteiger charge is -2.11. The summed E-state index contributed by atoms with van der Waals surface area (Å²) in [5.74, 6) is -0.193. The zero-order chi connectivity index (χ0) is 19.7. The Labute approximate surface area is 185 Å². The van der Waals surface area contributed by atoms with Crippen LogP contribution in [-0.2, 0) is 0 Å². The molecule has 4 aromatic rings. The number of carbonyl (C=O) groups excluding carboxylic acids is 1. The number of anilines is 1. The number of para-hydroxylation sites is 1. The van der Waals surface area contributed by atoms with Gasteiger partial charge < -0.3 is 5.32 Å². The second-order valence-electron chi connectivity index (χ2n) is 6.17. The minimum atomic E-state index is -0.193. The predicted octanol–water partition coefficient (Wildman–Crippen LogP) is 7.07. The van der Waals surface area contributed by atoms with Gasteiger partial charge in [0.25, 0.3) is 5.91 Å². The van der Waals surface area contributed by atoms with Crippen molar-refractivity contribution in [3.8, 4) is 11.3 Å². The van der Waals surface area contributed by atoms with E-state index in [0.29, 0.717) is 21.3 Å². The fourth-order valence-electron chi connectivity index (χ4n) is 2.93. The van der Waals surface area contributed by atoms with Gasteiger partial charge in [-0.25, -0.2) is 4.98 Å². The summed E-state index contributed by atoms with van der Waals surface area (Å²) >= 11 is 14.4. The average Bonchev–Trinajstić information content (AvgIpc) is 2.69. The Morgan fingerprint density at radius 1 is 0.893 bits per heavy atom. The molecule has 0 unspecified atom stereocenters. The van der Waals surface area contributed by atoms with Gasteiger partial charge in [-0.05, 0) is 65.1 Å². The number of hydrogen-bond acceptors (Lipinski definition) is 2. The summed E-state index contributed by atoms with van der Waals surface area (Å²) < 4.78 is 1.05. The molecule has 3 aromatic carbocycles. The fourth-order valence-corrected chi connectivity index (χ4v) is 3.77. The number of halogens is 3. The molecule has 0 aliphatic carbocycles. The summed E-state index contributed by atoms with van der Waals surface area (Å²) in [5.41, 5.74) is 3.48. The first-order valence-corrected chi connectivity index (χ1v) is 10.3. The highest BCUT2D eigenvalue weighted by Crippen LogP contribution is 2.30. The second kappa shape index (κ2) is 8.07. The molecule has 0 aliphatic heterocycles. The van der Waals surface area contributed by atoms with Crippen molar-refractivity contribution >= 4 is 68.3 Å². The van der Waals surface area contributed by atoms with Crippen LogP contribution in [0.5, 0.6) is 0 Å². The van der Waals surface area contributed by atoms with E-state index < -0.39 is 0 Å². The lowest BCUT2D eigenvalue weighted by atomic mass is 10.0. The van der Waals surface area contributed by atoms with E-state index in [4.69, 9.17) is 28.2 Å². The van der Waals surface area contributed by atoms with Crippen molar-refractivity contribution in [3.63, 3.8) is 0 Å². The number of pyridine rings is 1. The van der Waals surface area contributed by atoms with Gasteiger partial charge in [0, 0.05) is 20.2 Å². The molecule has 0 atom stereocenters. The molecule has 6 heteroatoms. The van der Waals surface area contributed by atoms with Crippen LogP contribution in [0.2, 0.25) is 10.0 Å². The van der Waals surface area contributed by atoms with Crippen LogP contribution < -0.4 is 5.32 Å². The molecular weight excluding hydrogens is 506 g/mol. The van der Waals surface area contributed by atoms with Crippen LogP contribution in [0, 0.1) is 3.57 Å². The van der Waals surface area contributed by atoms with E-state index in [9.17, 15) is 4.79 Å². The van der Waals surface area contributed by atoms with E-state index in [0.717, 1.165) is 25.7 Å². The summed E-state index contributed by atoms with van der Waals surface area (Å²) in [4.78, 5) is 17.8. The van der Waals surface area contributed by atoms with Crippen molar-refractivity contribution in [2.24, 2.45) is 0 Å². The van der Waals surface area contributed by atoms with Gasteiger partial charge in [-0.2, -0.15) is 0 Å². The smallest absolute Gasteiger partial charge is 0.256 e. The molecule has 0 saturated heterocycles. The molecule has 0 spiro atoms. The van der Waals surface area contributed by atoms with Crippen molar-refractivity contribution < 1.29 is 4.79 Å². The van der Waals surface area contributed by atoms with Gasteiger partial charge in [0.15, 0.2) is 0 Å². The Morgan fingerprint density at radius 3 is 2.50 bits per heavy atom. The molecular formula is C22H13Cl2IN2O. The normalized spacial score (nSPS) is 10.8. The fraction of sp³-hybridized carbons (Fsp3) is 0. The minimum absolute atomic E-state index is 0.193. The topological polar surface area (TPSA) is 42.0 Å². The van der Waals surface area contributed by atoms with Crippen LogP contribution in [0.25, 0.3) is 22.2 Å². The maximum Gasteiger partial charge on any atom is 0.256 e. The second-order valence-corrected chi connectivity index (χ2v) is 8.23. The van der Waals surface area contributed by atoms with E-state index >= 15 is 0 Å². The van der Waals surface area contributed by atoms with Crippen LogP contribution in [0.15, 0.2) is 72.8 Å². The highest BCUT2D eigenvalue weighted by Gasteiger charge is 2.15. The molecule has 0 saturated carbocycles. The first-order chi connectivity index (χ1) is 13.5. The number of fused-ring (bicyclic) bond motifs is 1. The highest BCUT2D eigenvalue weighted by atomic mass is 127. The molecule has 4 rings (SSSR count). The Kier molecular flexibility index (Phi) is 5.53. The first kappa shape index (κ1) is 19.2. The van der Waals surface area contributed by atoms with Gasteiger partial charge in [0.1, 0.15) is 0 Å². The van der Waals surface area contributed by atoms with Crippen molar-refractivity contribution in [2.75, 3.05) is 5.32 Å². The van der Waals surface area contributed by atoms with Gasteiger partial charge in [0.05, 0.1) is 26.8 Å². The quantitative estimate of drug-likeness (QED) is 0.295. The van der Waals surface area contributed by atoms with Crippen molar-refractivity contribution in [2.45, 2.75) is 0 Å². The summed E-state index contributed by atoms with van der Waals surface area (Å²) in [7, 11) is 0. The van der Waals surface area contributed by atoms with Gasteiger partial charge in [-0.3, -0.25) is 4.79 Å². The lowest BCUT2D eigenvalue weighted by Crippen LogP contribution is -2.13. The standard InChI is InChI=1S/C22H13Cl2IN2O/c23-18-9-8-13(10-19(18)24)21-12-17(16-6-1-2-7-20(16)27-21)22(28)26-15-5-3-4-14(25)11-15/h1-12H,(H,26,28). The maximum atomic E-state index is 13.1. The SMILES string of the molecule is O=C(Nc1cccc(I)c1)c1cc(-c2ccc(Cl)c(Cl)c2)nc2ccccc12. The molecule has 138 valence electrons. The third-order valence-corrected chi connectivity index (χ3v) is 5.67. The van der Waals surface area contributed by atoms with Crippen molar-refractivity contribution in [1.82, 2.24) is 4.98 Å². The molecule has 3 nitrogen and oxygen atoms in total. The number of rotatable bonds is 3. The molecule has 0 aliphatic rings. The van der Waals surface area contributed by atoms with Gasteiger partial charge in [0.2, 0.25) is 0 Å². The average molecular weight is 519 g/mol. The van der Waals surface area contributed by atoms with Crippen LogP contribution in [0.3, 0.4) is 0 Å². The predicted molar refractivity (Wildman–Crippen MR) is 124 cm³/mol. The Bertz CT molecular complexity index is 1210. The number of nitrogens with one attached hydrogen (secondary N) is 1. The number of amides is 1. The molecule has 1 N–H and O–H groups in total. The minimum Gasteiger partial charge on any atom is -0.322 e. The maximum absolute atomic E-state index is 13.1. The van der Waals surface area contributed by atoms with Gasteiger partial charge in [-0.15, -0.1) is 0 Å². The first-order valence-electron chi connectivity index (χ1n) is 8.43. The molecule has 1 heterocycles. The van der Waals surface area contributed by atoms with E-state index in [1.807, 2.05) is 54.6 Å². The molecule has 0 bridgehead atoms.